The smallest absolute Gasteiger partial charge is 0.303 e. The second-order valence-corrected chi connectivity index (χ2v) is 7.33. The fourth-order valence-corrected chi connectivity index (χ4v) is 4.99. The second kappa shape index (κ2) is 5.16. The summed E-state index contributed by atoms with van der Waals surface area (Å²) in [5.74, 6) is -0.512. The predicted molar refractivity (Wildman–Crippen MR) is 74.6 cm³/mol. The lowest BCUT2D eigenvalue weighted by molar-refractivity contribution is -0.568. The van der Waals surface area contributed by atoms with E-state index >= 15 is 0 Å². The zero-order valence-electron chi connectivity index (χ0n) is 13.0. The lowest BCUT2D eigenvalue weighted by Gasteiger charge is -2.57. The maximum Gasteiger partial charge on any atom is 0.303 e. The van der Waals surface area contributed by atoms with Gasteiger partial charge in [0.05, 0.1) is 13.0 Å². The van der Waals surface area contributed by atoms with Crippen molar-refractivity contribution >= 4 is 5.97 Å². The third-order valence-electron chi connectivity index (χ3n) is 6.19. The normalized spacial score (nSPS) is 50.2. The summed E-state index contributed by atoms with van der Waals surface area (Å²) in [7, 11) is 0. The largest absolute Gasteiger partial charge is 0.481 e. The highest BCUT2D eigenvalue weighted by Gasteiger charge is 2.67. The molecule has 6 atom stereocenters. The van der Waals surface area contributed by atoms with Crippen LogP contribution in [-0.4, -0.2) is 35.4 Å². The molecule has 124 valence electrons. The molecule has 4 heterocycles. The van der Waals surface area contributed by atoms with Crippen LogP contribution in [0.1, 0.15) is 51.9 Å². The Hall–Kier alpha value is -0.690. The number of carboxylic acid groups (broad SMARTS) is 1. The molecule has 1 spiro atoms. The first-order valence-electron chi connectivity index (χ1n) is 8.44. The van der Waals surface area contributed by atoms with E-state index < -0.39 is 23.6 Å². The van der Waals surface area contributed by atoms with Gasteiger partial charge in [-0.2, -0.15) is 0 Å². The zero-order chi connectivity index (χ0) is 15.4. The van der Waals surface area contributed by atoms with Gasteiger partial charge in [0.25, 0.3) is 0 Å². The third kappa shape index (κ3) is 2.04. The van der Waals surface area contributed by atoms with E-state index in [4.69, 9.17) is 24.4 Å². The van der Waals surface area contributed by atoms with E-state index in [1.165, 1.54) is 6.42 Å². The number of ether oxygens (including phenoxy) is 2. The lowest BCUT2D eigenvalue weighted by atomic mass is 9.61. The zero-order valence-corrected chi connectivity index (χ0v) is 13.0. The fraction of sp³-hybridized carbons (Fsp3) is 0.938. The number of hydrogen-bond donors (Lipinski definition) is 1. The molecule has 1 N–H and O–H groups in total. The maximum atomic E-state index is 10.9. The maximum absolute atomic E-state index is 10.9. The molecule has 0 unspecified atom stereocenters. The third-order valence-corrected chi connectivity index (χ3v) is 6.19. The summed E-state index contributed by atoms with van der Waals surface area (Å²) in [6.07, 6.45) is 4.79. The SMILES string of the molecule is C[C@@H]1CC[C@H]2CCO[C@@H]3O[C@@]4(CCC(=O)O)CC[C@@H]1[C@@]23OO4. The van der Waals surface area contributed by atoms with Gasteiger partial charge in [0.15, 0.2) is 11.9 Å². The van der Waals surface area contributed by atoms with E-state index in [9.17, 15) is 4.79 Å². The molecule has 5 fully saturated rings. The molecule has 5 rings (SSSR count). The monoisotopic (exact) mass is 312 g/mol. The van der Waals surface area contributed by atoms with Crippen LogP contribution in [0.2, 0.25) is 0 Å². The second-order valence-electron chi connectivity index (χ2n) is 7.33. The van der Waals surface area contributed by atoms with Gasteiger partial charge >= 0.3 is 5.97 Å². The Kier molecular flexibility index (Phi) is 3.49. The standard InChI is InChI=1S/C16H24O6/c1-10-2-3-11-6-9-19-14-16(11)12(10)4-7-15(20-14,21-22-16)8-5-13(17)18/h10-12,14H,2-9H2,1H3,(H,17,18)/t10-,11+,12+,14-,15+,16+/m1/s1. The molecule has 6 heteroatoms. The van der Waals surface area contributed by atoms with Crippen molar-refractivity contribution in [2.45, 2.75) is 69.5 Å². The van der Waals surface area contributed by atoms with E-state index in [-0.39, 0.29) is 6.42 Å². The highest BCUT2D eigenvalue weighted by Crippen LogP contribution is 2.59. The Bertz CT molecular complexity index is 464. The molecule has 2 bridgehead atoms. The van der Waals surface area contributed by atoms with Crippen LogP contribution in [0.5, 0.6) is 0 Å². The molecular formula is C16H24O6. The van der Waals surface area contributed by atoms with E-state index in [0.717, 1.165) is 19.3 Å². The van der Waals surface area contributed by atoms with Crippen LogP contribution in [0.3, 0.4) is 0 Å². The molecule has 6 nitrogen and oxygen atoms in total. The fourth-order valence-electron chi connectivity index (χ4n) is 4.99. The molecule has 1 aliphatic carbocycles. The van der Waals surface area contributed by atoms with Gasteiger partial charge in [-0.15, -0.1) is 0 Å². The quantitative estimate of drug-likeness (QED) is 0.807. The van der Waals surface area contributed by atoms with E-state index in [0.29, 0.717) is 37.2 Å². The molecule has 22 heavy (non-hydrogen) atoms. The Morgan fingerprint density at radius 3 is 2.91 bits per heavy atom. The number of hydrogen-bond acceptors (Lipinski definition) is 5. The molecule has 4 aliphatic heterocycles. The summed E-state index contributed by atoms with van der Waals surface area (Å²) in [6, 6.07) is 0. The van der Waals surface area contributed by atoms with Crippen LogP contribution in [0.4, 0.5) is 0 Å². The average Bonchev–Trinajstić information content (AvgIpc) is 2.76. The molecule has 5 aliphatic rings. The Morgan fingerprint density at radius 1 is 1.23 bits per heavy atom. The van der Waals surface area contributed by atoms with E-state index in [1.54, 1.807) is 0 Å². The number of carboxylic acids is 1. The van der Waals surface area contributed by atoms with Crippen molar-refractivity contribution in [1.82, 2.24) is 0 Å². The van der Waals surface area contributed by atoms with Gasteiger partial charge in [-0.25, -0.2) is 9.78 Å². The highest BCUT2D eigenvalue weighted by molar-refractivity contribution is 5.66. The van der Waals surface area contributed by atoms with Crippen LogP contribution in [0.15, 0.2) is 0 Å². The molecular weight excluding hydrogens is 288 g/mol. The first kappa shape index (κ1) is 14.9. The first-order valence-corrected chi connectivity index (χ1v) is 8.44. The molecule has 1 saturated carbocycles. The van der Waals surface area contributed by atoms with Crippen molar-refractivity contribution in [2.75, 3.05) is 6.61 Å². The minimum Gasteiger partial charge on any atom is -0.481 e. The number of aliphatic carboxylic acids is 1. The van der Waals surface area contributed by atoms with Crippen LogP contribution in [0.25, 0.3) is 0 Å². The minimum absolute atomic E-state index is 0.00668. The Balaban J connectivity index is 1.66. The van der Waals surface area contributed by atoms with Gasteiger partial charge in [0.2, 0.25) is 5.79 Å². The summed E-state index contributed by atoms with van der Waals surface area (Å²) in [5.41, 5.74) is -0.501. The van der Waals surface area contributed by atoms with Crippen molar-refractivity contribution in [3.05, 3.63) is 0 Å². The summed E-state index contributed by atoms with van der Waals surface area (Å²) in [4.78, 5) is 22.7. The molecule has 0 aromatic carbocycles. The number of carbonyl (C=O) groups is 1. The summed E-state index contributed by atoms with van der Waals surface area (Å²) < 4.78 is 12.1. The van der Waals surface area contributed by atoms with Gasteiger partial charge in [0.1, 0.15) is 0 Å². The van der Waals surface area contributed by atoms with Gasteiger partial charge < -0.3 is 14.6 Å². The number of fused-ring (bicyclic) bond motifs is 2. The predicted octanol–water partition coefficient (Wildman–Crippen LogP) is 2.47. The Labute approximate surface area is 130 Å². The molecule has 0 radical (unpaired) electrons. The van der Waals surface area contributed by atoms with Crippen LogP contribution < -0.4 is 0 Å². The van der Waals surface area contributed by atoms with Crippen LogP contribution in [-0.2, 0) is 24.0 Å². The van der Waals surface area contributed by atoms with Crippen molar-refractivity contribution in [3.63, 3.8) is 0 Å². The molecule has 0 aromatic rings. The van der Waals surface area contributed by atoms with Gasteiger partial charge in [0, 0.05) is 12.8 Å². The van der Waals surface area contributed by atoms with Crippen molar-refractivity contribution in [1.29, 1.82) is 0 Å². The lowest BCUT2D eigenvalue weighted by Crippen LogP contribution is -2.67. The van der Waals surface area contributed by atoms with Gasteiger partial charge in [-0.3, -0.25) is 4.79 Å². The topological polar surface area (TPSA) is 74.2 Å². The van der Waals surface area contributed by atoms with Crippen molar-refractivity contribution in [3.8, 4) is 0 Å². The summed E-state index contributed by atoms with van der Waals surface area (Å²) in [6.45, 7) is 2.95. The van der Waals surface area contributed by atoms with Crippen LogP contribution >= 0.6 is 0 Å². The van der Waals surface area contributed by atoms with E-state index in [1.807, 2.05) is 0 Å². The van der Waals surface area contributed by atoms with Gasteiger partial charge in [-0.05, 0) is 43.4 Å². The average molecular weight is 312 g/mol. The van der Waals surface area contributed by atoms with Crippen LogP contribution in [0, 0.1) is 17.8 Å². The molecule has 4 saturated heterocycles. The van der Waals surface area contributed by atoms with Crippen molar-refractivity contribution < 1.29 is 29.1 Å². The Morgan fingerprint density at radius 2 is 2.09 bits per heavy atom. The van der Waals surface area contributed by atoms with Gasteiger partial charge in [-0.1, -0.05) is 6.92 Å². The summed E-state index contributed by atoms with van der Waals surface area (Å²) >= 11 is 0. The van der Waals surface area contributed by atoms with Crippen molar-refractivity contribution in [2.24, 2.45) is 17.8 Å². The highest BCUT2D eigenvalue weighted by atomic mass is 17.3. The summed E-state index contributed by atoms with van der Waals surface area (Å²) in [5, 5.41) is 8.98. The first-order chi connectivity index (χ1) is 10.6. The number of rotatable bonds is 3. The van der Waals surface area contributed by atoms with E-state index in [2.05, 4.69) is 6.92 Å². The molecule has 0 amide bonds. The molecule has 0 aromatic heterocycles. The minimum atomic E-state index is -0.965.